The summed E-state index contributed by atoms with van der Waals surface area (Å²) in [6.45, 7) is 4.65. The number of halogens is 1. The molecule has 0 amide bonds. The van der Waals surface area contributed by atoms with Gasteiger partial charge in [0.1, 0.15) is 5.75 Å². The minimum absolute atomic E-state index is 0.385. The molecule has 0 atom stereocenters. The van der Waals surface area contributed by atoms with E-state index in [0.717, 1.165) is 48.9 Å². The number of alkyl halides is 1. The van der Waals surface area contributed by atoms with E-state index in [0.29, 0.717) is 6.10 Å². The summed E-state index contributed by atoms with van der Waals surface area (Å²) in [6, 6.07) is 4.66. The molecule has 2 aliphatic heterocycles. The number of benzene rings is 1. The molecule has 3 aliphatic rings. The van der Waals surface area contributed by atoms with Gasteiger partial charge in [-0.15, -0.1) is 0 Å². The number of morpholine rings is 1. The fourth-order valence-corrected chi connectivity index (χ4v) is 5.02. The molecule has 0 bridgehead atoms. The number of hydrogen-bond acceptors (Lipinski definition) is 4. The molecule has 1 aromatic rings. The van der Waals surface area contributed by atoms with Gasteiger partial charge < -0.3 is 19.7 Å². The van der Waals surface area contributed by atoms with Gasteiger partial charge in [-0.25, -0.2) is 0 Å². The highest BCUT2D eigenvalue weighted by Gasteiger charge is 2.24. The van der Waals surface area contributed by atoms with E-state index < -0.39 is 0 Å². The van der Waals surface area contributed by atoms with Gasteiger partial charge in [0.25, 0.3) is 0 Å². The lowest BCUT2D eigenvalue weighted by Gasteiger charge is -2.32. The summed E-state index contributed by atoms with van der Waals surface area (Å²) in [5, 5.41) is 3.69. The molecule has 2 heterocycles. The number of anilines is 2. The summed E-state index contributed by atoms with van der Waals surface area (Å²) < 4.78 is 13.0. The maximum atomic E-state index is 6.63. The summed E-state index contributed by atoms with van der Waals surface area (Å²) in [4.78, 5) is 2.44. The van der Waals surface area contributed by atoms with Gasteiger partial charge >= 0.3 is 0 Å². The van der Waals surface area contributed by atoms with E-state index in [1.807, 2.05) is 0 Å². The standard InChI is InChI=1S/C21H31IN2O2/c22-16-5-7-18(8-6-16)26-21-15-17(24-10-12-25-13-11-24)14-20-19(21)4-2-1-3-9-23-20/h14-16,18,23H,1-13H2/t16-,18+. The second-order valence-corrected chi connectivity index (χ2v) is 9.56. The molecule has 144 valence electrons. The van der Waals surface area contributed by atoms with Crippen LogP contribution in [0.15, 0.2) is 12.1 Å². The van der Waals surface area contributed by atoms with E-state index in [-0.39, 0.29) is 0 Å². The van der Waals surface area contributed by atoms with Crippen LogP contribution >= 0.6 is 22.6 Å². The predicted molar refractivity (Wildman–Crippen MR) is 116 cm³/mol. The maximum absolute atomic E-state index is 6.63. The molecule has 26 heavy (non-hydrogen) atoms. The van der Waals surface area contributed by atoms with E-state index in [9.17, 15) is 0 Å². The molecule has 1 aliphatic carbocycles. The number of nitrogens with zero attached hydrogens (tertiary/aromatic N) is 1. The Labute approximate surface area is 171 Å². The topological polar surface area (TPSA) is 33.7 Å². The molecule has 0 spiro atoms. The Morgan fingerprint density at radius 2 is 1.85 bits per heavy atom. The van der Waals surface area contributed by atoms with Gasteiger partial charge in [0.05, 0.1) is 19.3 Å². The molecule has 1 saturated carbocycles. The maximum Gasteiger partial charge on any atom is 0.127 e. The predicted octanol–water partition coefficient (Wildman–Crippen LogP) is 4.79. The van der Waals surface area contributed by atoms with Crippen LogP contribution in [0, 0.1) is 0 Å². The molecule has 5 heteroatoms. The van der Waals surface area contributed by atoms with Gasteiger partial charge in [-0.1, -0.05) is 29.0 Å². The van der Waals surface area contributed by atoms with Crippen molar-refractivity contribution in [3.8, 4) is 5.75 Å². The molecule has 1 aromatic carbocycles. The van der Waals surface area contributed by atoms with E-state index in [2.05, 4.69) is 44.9 Å². The van der Waals surface area contributed by atoms with Crippen LogP contribution < -0.4 is 15.0 Å². The van der Waals surface area contributed by atoms with Crippen LogP contribution in [0.1, 0.15) is 50.5 Å². The Morgan fingerprint density at radius 3 is 2.65 bits per heavy atom. The van der Waals surface area contributed by atoms with Crippen LogP contribution in [0.2, 0.25) is 0 Å². The van der Waals surface area contributed by atoms with E-state index in [1.165, 1.54) is 61.9 Å². The Kier molecular flexibility index (Phi) is 6.46. The summed E-state index contributed by atoms with van der Waals surface area (Å²) in [5.74, 6) is 1.13. The van der Waals surface area contributed by atoms with Gasteiger partial charge in [-0.2, -0.15) is 0 Å². The third kappa shape index (κ3) is 4.58. The molecule has 2 fully saturated rings. The fourth-order valence-electron chi connectivity index (χ4n) is 4.30. The van der Waals surface area contributed by atoms with Gasteiger partial charge in [0.15, 0.2) is 0 Å². The van der Waals surface area contributed by atoms with Gasteiger partial charge in [0.2, 0.25) is 0 Å². The summed E-state index contributed by atoms with van der Waals surface area (Å²) in [7, 11) is 0. The van der Waals surface area contributed by atoms with E-state index in [4.69, 9.17) is 9.47 Å². The monoisotopic (exact) mass is 470 g/mol. The number of rotatable bonds is 3. The molecule has 1 saturated heterocycles. The molecule has 0 unspecified atom stereocenters. The Hall–Kier alpha value is -0.690. The van der Waals surface area contributed by atoms with Crippen LogP contribution in [-0.2, 0) is 11.2 Å². The zero-order chi connectivity index (χ0) is 17.8. The normalized spacial score (nSPS) is 27.0. The zero-order valence-electron chi connectivity index (χ0n) is 15.6. The first kappa shape index (κ1) is 18.7. The first-order valence-electron chi connectivity index (χ1n) is 10.3. The third-order valence-corrected chi connectivity index (χ3v) is 7.13. The highest BCUT2D eigenvalue weighted by atomic mass is 127. The average Bonchev–Trinajstić information content (AvgIpc) is 2.65. The smallest absolute Gasteiger partial charge is 0.127 e. The fraction of sp³-hybridized carbons (Fsp3) is 0.714. The zero-order valence-corrected chi connectivity index (χ0v) is 17.8. The number of hydrogen-bond donors (Lipinski definition) is 1. The Morgan fingerprint density at radius 1 is 1.04 bits per heavy atom. The molecular formula is C21H31IN2O2. The molecule has 4 nitrogen and oxygen atoms in total. The van der Waals surface area contributed by atoms with Gasteiger partial charge in [0, 0.05) is 46.6 Å². The number of ether oxygens (including phenoxy) is 2. The first-order valence-corrected chi connectivity index (χ1v) is 11.6. The second-order valence-electron chi connectivity index (χ2n) is 7.80. The minimum Gasteiger partial charge on any atom is -0.490 e. The Balaban J connectivity index is 1.61. The van der Waals surface area contributed by atoms with Crippen LogP contribution in [0.3, 0.4) is 0 Å². The van der Waals surface area contributed by atoms with Crippen LogP contribution in [0.5, 0.6) is 5.75 Å². The molecule has 0 radical (unpaired) electrons. The van der Waals surface area contributed by atoms with Gasteiger partial charge in [-0.3, -0.25) is 0 Å². The summed E-state index contributed by atoms with van der Waals surface area (Å²) in [6.07, 6.45) is 10.3. The van der Waals surface area contributed by atoms with Crippen LogP contribution in [0.25, 0.3) is 0 Å². The van der Waals surface area contributed by atoms with Crippen molar-refractivity contribution in [3.05, 3.63) is 17.7 Å². The summed E-state index contributed by atoms with van der Waals surface area (Å²) >= 11 is 2.59. The van der Waals surface area contributed by atoms with Crippen molar-refractivity contribution >= 4 is 34.0 Å². The molecule has 0 aromatic heterocycles. The minimum atomic E-state index is 0.385. The van der Waals surface area contributed by atoms with Crippen LogP contribution in [-0.4, -0.2) is 42.9 Å². The van der Waals surface area contributed by atoms with Crippen molar-refractivity contribution in [2.75, 3.05) is 43.1 Å². The highest BCUT2D eigenvalue weighted by Crippen LogP contribution is 2.38. The van der Waals surface area contributed by atoms with Crippen molar-refractivity contribution in [1.29, 1.82) is 0 Å². The molecule has 4 rings (SSSR count). The van der Waals surface area contributed by atoms with Crippen molar-refractivity contribution in [1.82, 2.24) is 0 Å². The van der Waals surface area contributed by atoms with Crippen molar-refractivity contribution in [3.63, 3.8) is 0 Å². The van der Waals surface area contributed by atoms with Crippen molar-refractivity contribution in [2.45, 2.75) is 61.4 Å². The quantitative estimate of drug-likeness (QED) is 0.509. The van der Waals surface area contributed by atoms with Crippen LogP contribution in [0.4, 0.5) is 11.4 Å². The molecule has 1 N–H and O–H groups in total. The number of nitrogens with one attached hydrogen (secondary N) is 1. The highest BCUT2D eigenvalue weighted by molar-refractivity contribution is 14.1. The average molecular weight is 470 g/mol. The second kappa shape index (κ2) is 9.00. The van der Waals surface area contributed by atoms with E-state index >= 15 is 0 Å². The van der Waals surface area contributed by atoms with Crippen molar-refractivity contribution in [2.24, 2.45) is 0 Å². The number of fused-ring (bicyclic) bond motifs is 1. The van der Waals surface area contributed by atoms with Gasteiger partial charge in [-0.05, 0) is 51.0 Å². The lowest BCUT2D eigenvalue weighted by molar-refractivity contribution is 0.122. The van der Waals surface area contributed by atoms with Crippen molar-refractivity contribution < 1.29 is 9.47 Å². The largest absolute Gasteiger partial charge is 0.490 e. The van der Waals surface area contributed by atoms with E-state index in [1.54, 1.807) is 0 Å². The lowest BCUT2D eigenvalue weighted by atomic mass is 9.96. The summed E-state index contributed by atoms with van der Waals surface area (Å²) in [5.41, 5.74) is 3.99. The first-order chi connectivity index (χ1) is 12.8. The lowest BCUT2D eigenvalue weighted by Crippen LogP contribution is -2.36. The third-order valence-electron chi connectivity index (χ3n) is 5.89. The SMILES string of the molecule is I[C@H]1CC[C@@H](Oc2cc(N3CCOCC3)cc3c2CCCCCN3)CC1. The Bertz CT molecular complexity index is 596. The molecular weight excluding hydrogens is 439 g/mol.